The minimum atomic E-state index is -3.80. The van der Waals surface area contributed by atoms with E-state index in [1.54, 1.807) is 0 Å². The quantitative estimate of drug-likeness (QED) is 0.758. The highest BCUT2D eigenvalue weighted by Gasteiger charge is 2.20. The fourth-order valence-corrected chi connectivity index (χ4v) is 4.96. The molecule has 9 heteroatoms. The van der Waals surface area contributed by atoms with Crippen molar-refractivity contribution >= 4 is 60.5 Å². The first-order valence-electron chi connectivity index (χ1n) is 5.65. The Hall–Kier alpha value is -0.150. The van der Waals surface area contributed by atoms with Gasteiger partial charge in [0, 0.05) is 20.9 Å². The van der Waals surface area contributed by atoms with Gasteiger partial charge in [0.05, 0.1) is 11.6 Å². The van der Waals surface area contributed by atoms with Crippen molar-refractivity contribution in [2.75, 3.05) is 0 Å². The van der Waals surface area contributed by atoms with E-state index in [9.17, 15) is 8.42 Å². The number of aliphatic hydroxyl groups excluding tert-OH is 1. The van der Waals surface area contributed by atoms with Gasteiger partial charge >= 0.3 is 0 Å². The molecule has 2 rings (SSSR count). The van der Waals surface area contributed by atoms with Crippen molar-refractivity contribution in [2.24, 2.45) is 0 Å². The van der Waals surface area contributed by atoms with Gasteiger partial charge in [-0.25, -0.2) is 13.1 Å². The maximum atomic E-state index is 12.3. The van der Waals surface area contributed by atoms with Gasteiger partial charge < -0.3 is 5.11 Å². The predicted molar refractivity (Wildman–Crippen MR) is 88.4 cm³/mol. The van der Waals surface area contributed by atoms with Crippen molar-refractivity contribution < 1.29 is 13.5 Å². The number of nitrogens with one attached hydrogen (secondary N) is 1. The molecular formula is C12H10BrCl2NO3S2. The third-order valence-electron chi connectivity index (χ3n) is 2.67. The van der Waals surface area contributed by atoms with Crippen LogP contribution in [0.1, 0.15) is 10.4 Å². The van der Waals surface area contributed by atoms with E-state index in [0.717, 1.165) is 9.35 Å². The van der Waals surface area contributed by atoms with Crippen LogP contribution in [0.3, 0.4) is 0 Å². The van der Waals surface area contributed by atoms with Crippen LogP contribution in [-0.2, 0) is 23.2 Å². The fourth-order valence-electron chi connectivity index (χ4n) is 1.59. The Labute approximate surface area is 144 Å². The fraction of sp³-hybridized carbons (Fsp3) is 0.167. The van der Waals surface area contributed by atoms with Crippen LogP contribution in [0.5, 0.6) is 0 Å². The molecule has 0 spiro atoms. The molecule has 2 N–H and O–H groups in total. The molecule has 0 radical (unpaired) electrons. The first-order chi connectivity index (χ1) is 9.85. The number of halogens is 3. The standard InChI is InChI=1S/C12H10BrCl2NO3S2/c13-8-1-2-20-11(8)5-16-21(18,19)12-3-7(6-17)9(14)4-10(12)15/h1-4,16-17H,5-6H2. The Bertz CT molecular complexity index is 762. The third kappa shape index (κ3) is 3.98. The van der Waals surface area contributed by atoms with Crippen LogP contribution in [0, 0.1) is 0 Å². The zero-order valence-corrected chi connectivity index (χ0v) is 15.2. The molecule has 0 aliphatic rings. The van der Waals surface area contributed by atoms with Crippen molar-refractivity contribution in [3.8, 4) is 0 Å². The lowest BCUT2D eigenvalue weighted by Crippen LogP contribution is -2.23. The van der Waals surface area contributed by atoms with Crippen molar-refractivity contribution in [1.82, 2.24) is 4.72 Å². The van der Waals surface area contributed by atoms with Gasteiger partial charge in [0.1, 0.15) is 4.90 Å². The van der Waals surface area contributed by atoms with E-state index in [0.29, 0.717) is 5.56 Å². The first kappa shape index (κ1) is 17.2. The van der Waals surface area contributed by atoms with Crippen LogP contribution in [-0.4, -0.2) is 13.5 Å². The largest absolute Gasteiger partial charge is 0.392 e. The third-order valence-corrected chi connectivity index (χ3v) is 6.82. The monoisotopic (exact) mass is 429 g/mol. The van der Waals surface area contributed by atoms with E-state index in [4.69, 9.17) is 28.3 Å². The second-order valence-electron chi connectivity index (χ2n) is 4.05. The number of sulfonamides is 1. The SMILES string of the molecule is O=S(=O)(NCc1sccc1Br)c1cc(CO)c(Cl)cc1Cl. The van der Waals surface area contributed by atoms with Crippen molar-refractivity contribution in [3.05, 3.63) is 48.5 Å². The second-order valence-corrected chi connectivity index (χ2v) is 8.45. The smallest absolute Gasteiger partial charge is 0.242 e. The Morgan fingerprint density at radius 3 is 2.57 bits per heavy atom. The van der Waals surface area contributed by atoms with E-state index < -0.39 is 10.0 Å². The summed E-state index contributed by atoms with van der Waals surface area (Å²) >= 11 is 16.6. The van der Waals surface area contributed by atoms with Crippen molar-refractivity contribution in [1.29, 1.82) is 0 Å². The van der Waals surface area contributed by atoms with Crippen LogP contribution in [0.25, 0.3) is 0 Å². The number of thiophene rings is 1. The van der Waals surface area contributed by atoms with Crippen LogP contribution >= 0.6 is 50.5 Å². The molecule has 1 aromatic carbocycles. The van der Waals surface area contributed by atoms with E-state index in [1.807, 2.05) is 11.4 Å². The number of hydrogen-bond donors (Lipinski definition) is 2. The highest BCUT2D eigenvalue weighted by atomic mass is 79.9. The molecule has 0 amide bonds. The molecular weight excluding hydrogens is 421 g/mol. The van der Waals surface area contributed by atoms with E-state index in [-0.39, 0.29) is 28.1 Å². The molecule has 1 aromatic heterocycles. The van der Waals surface area contributed by atoms with Gasteiger partial charge in [-0.1, -0.05) is 23.2 Å². The molecule has 1 heterocycles. The normalized spacial score (nSPS) is 11.8. The van der Waals surface area contributed by atoms with E-state index in [1.165, 1.54) is 23.5 Å². The highest BCUT2D eigenvalue weighted by molar-refractivity contribution is 9.10. The summed E-state index contributed by atoms with van der Waals surface area (Å²) in [5.74, 6) is 0. The van der Waals surface area contributed by atoms with Gasteiger partial charge in [0.2, 0.25) is 10.0 Å². The van der Waals surface area contributed by atoms with E-state index >= 15 is 0 Å². The number of benzene rings is 1. The van der Waals surface area contributed by atoms with Crippen molar-refractivity contribution in [3.63, 3.8) is 0 Å². The average Bonchev–Trinajstić information content (AvgIpc) is 2.82. The number of hydrogen-bond acceptors (Lipinski definition) is 4. The van der Waals surface area contributed by atoms with E-state index in [2.05, 4.69) is 20.7 Å². The minimum absolute atomic E-state index is 0.00921. The summed E-state index contributed by atoms with van der Waals surface area (Å²) in [7, 11) is -3.80. The molecule has 0 unspecified atom stereocenters. The lowest BCUT2D eigenvalue weighted by Gasteiger charge is -2.10. The second kappa shape index (κ2) is 6.95. The van der Waals surface area contributed by atoms with Gasteiger partial charge in [-0.3, -0.25) is 0 Å². The molecule has 0 atom stereocenters. The molecule has 0 saturated carbocycles. The Balaban J connectivity index is 2.29. The minimum Gasteiger partial charge on any atom is -0.392 e. The van der Waals surface area contributed by atoms with Gasteiger partial charge in [-0.05, 0) is 45.1 Å². The van der Waals surface area contributed by atoms with Gasteiger partial charge in [-0.15, -0.1) is 11.3 Å². The Morgan fingerprint density at radius 2 is 2.00 bits per heavy atom. The highest BCUT2D eigenvalue weighted by Crippen LogP contribution is 2.29. The topological polar surface area (TPSA) is 66.4 Å². The maximum absolute atomic E-state index is 12.3. The summed E-state index contributed by atoms with van der Waals surface area (Å²) < 4.78 is 27.9. The first-order valence-corrected chi connectivity index (χ1v) is 9.56. The zero-order chi connectivity index (χ0) is 15.6. The Kier molecular flexibility index (Phi) is 5.70. The zero-order valence-electron chi connectivity index (χ0n) is 10.4. The molecule has 0 saturated heterocycles. The van der Waals surface area contributed by atoms with Crippen LogP contribution in [0.15, 0.2) is 32.9 Å². The summed E-state index contributed by atoms with van der Waals surface area (Å²) in [5.41, 5.74) is 0.304. The van der Waals surface area contributed by atoms with Crippen molar-refractivity contribution in [2.45, 2.75) is 18.0 Å². The summed E-state index contributed by atoms with van der Waals surface area (Å²) in [5, 5.41) is 11.3. The molecule has 114 valence electrons. The lowest BCUT2D eigenvalue weighted by atomic mass is 10.2. The molecule has 2 aromatic rings. The van der Waals surface area contributed by atoms with Gasteiger partial charge in [0.25, 0.3) is 0 Å². The number of aliphatic hydroxyl groups is 1. The van der Waals surface area contributed by atoms with Crippen LogP contribution < -0.4 is 4.72 Å². The lowest BCUT2D eigenvalue weighted by molar-refractivity contribution is 0.281. The summed E-state index contributed by atoms with van der Waals surface area (Å²) in [6.07, 6.45) is 0. The molecule has 0 fully saturated rings. The molecule has 21 heavy (non-hydrogen) atoms. The molecule has 0 aliphatic carbocycles. The van der Waals surface area contributed by atoms with Gasteiger partial charge in [0.15, 0.2) is 0 Å². The van der Waals surface area contributed by atoms with Crippen LogP contribution in [0.2, 0.25) is 10.0 Å². The molecule has 4 nitrogen and oxygen atoms in total. The predicted octanol–water partition coefficient (Wildman–Crippen LogP) is 3.79. The number of rotatable bonds is 5. The molecule has 0 aliphatic heterocycles. The van der Waals surface area contributed by atoms with Gasteiger partial charge in [-0.2, -0.15) is 0 Å². The summed E-state index contributed by atoms with van der Waals surface area (Å²) in [6, 6.07) is 4.42. The molecule has 0 bridgehead atoms. The van der Waals surface area contributed by atoms with Crippen LogP contribution in [0.4, 0.5) is 0 Å². The maximum Gasteiger partial charge on any atom is 0.242 e. The summed E-state index contributed by atoms with van der Waals surface area (Å²) in [6.45, 7) is -0.219. The summed E-state index contributed by atoms with van der Waals surface area (Å²) in [4.78, 5) is 0.747. The average molecular weight is 431 g/mol. The Morgan fingerprint density at radius 1 is 1.29 bits per heavy atom.